The van der Waals surface area contributed by atoms with Crippen molar-refractivity contribution in [1.29, 1.82) is 0 Å². The molecule has 1 aliphatic heterocycles. The first-order valence-electron chi connectivity index (χ1n) is 9.25. The normalized spacial score (nSPS) is 13.2. The molecular formula is C20H15F5N4O3. The Morgan fingerprint density at radius 2 is 1.78 bits per heavy atom. The Kier molecular flexibility index (Phi) is 5.45. The molecule has 7 nitrogen and oxygen atoms in total. The molecule has 3 aromatic rings. The summed E-state index contributed by atoms with van der Waals surface area (Å²) >= 11 is 0. The van der Waals surface area contributed by atoms with Crippen molar-refractivity contribution in [2.75, 3.05) is 18.5 Å². The molecule has 0 atom stereocenters. The van der Waals surface area contributed by atoms with Gasteiger partial charge in [-0.05, 0) is 23.8 Å². The number of aromatic nitrogens is 3. The van der Waals surface area contributed by atoms with Crippen LogP contribution in [-0.4, -0.2) is 28.1 Å². The van der Waals surface area contributed by atoms with Gasteiger partial charge in [0.05, 0.1) is 11.8 Å². The van der Waals surface area contributed by atoms with Crippen LogP contribution in [0.4, 0.5) is 27.8 Å². The highest BCUT2D eigenvalue weighted by molar-refractivity contribution is 5.44. The van der Waals surface area contributed by atoms with E-state index in [1.165, 1.54) is 4.57 Å². The van der Waals surface area contributed by atoms with Crippen molar-refractivity contribution in [2.24, 2.45) is 0 Å². The Morgan fingerprint density at radius 3 is 2.47 bits per heavy atom. The number of ether oxygens (including phenoxy) is 2. The van der Waals surface area contributed by atoms with Gasteiger partial charge in [-0.2, -0.15) is 18.2 Å². The third-order valence-corrected chi connectivity index (χ3v) is 4.72. The molecule has 0 unspecified atom stereocenters. The van der Waals surface area contributed by atoms with E-state index in [0.717, 1.165) is 18.3 Å². The number of rotatable bonds is 5. The largest absolute Gasteiger partial charge is 0.473 e. The van der Waals surface area contributed by atoms with E-state index in [-0.39, 0.29) is 18.1 Å². The molecule has 1 aliphatic rings. The number of fused-ring (bicyclic) bond motifs is 1. The van der Waals surface area contributed by atoms with Crippen LogP contribution in [0.15, 0.2) is 41.5 Å². The number of benzene rings is 1. The van der Waals surface area contributed by atoms with Gasteiger partial charge in [0.25, 0.3) is 0 Å². The fourth-order valence-corrected chi connectivity index (χ4v) is 3.14. The fraction of sp³-hybridized carbons (Fsp3) is 0.250. The monoisotopic (exact) mass is 454 g/mol. The molecule has 0 amide bonds. The third kappa shape index (κ3) is 4.34. The maximum Gasteiger partial charge on any atom is 0.418 e. The van der Waals surface area contributed by atoms with Crippen molar-refractivity contribution in [3.05, 3.63) is 69.9 Å². The van der Waals surface area contributed by atoms with Crippen LogP contribution < -0.4 is 20.1 Å². The predicted molar refractivity (Wildman–Crippen MR) is 102 cm³/mol. The molecule has 1 aromatic carbocycles. The number of halogens is 5. The van der Waals surface area contributed by atoms with E-state index in [1.54, 1.807) is 13.1 Å². The summed E-state index contributed by atoms with van der Waals surface area (Å²) in [6.45, 7) is 0.829. The molecule has 12 heteroatoms. The second-order valence-corrected chi connectivity index (χ2v) is 6.99. The summed E-state index contributed by atoms with van der Waals surface area (Å²) in [7, 11) is 1.80. The molecule has 0 aliphatic carbocycles. The lowest BCUT2D eigenvalue weighted by Crippen LogP contribution is -2.22. The first-order chi connectivity index (χ1) is 15.1. The minimum absolute atomic E-state index is 0.00816. The predicted octanol–water partition coefficient (Wildman–Crippen LogP) is 3.76. The molecular weight excluding hydrogens is 439 g/mol. The lowest BCUT2D eigenvalue weighted by molar-refractivity contribution is -0.137. The third-order valence-electron chi connectivity index (χ3n) is 4.72. The minimum atomic E-state index is -4.69. The van der Waals surface area contributed by atoms with E-state index in [2.05, 4.69) is 9.97 Å². The summed E-state index contributed by atoms with van der Waals surface area (Å²) in [5.41, 5.74) is -1.56. The average molecular weight is 454 g/mol. The molecule has 0 fully saturated rings. The highest BCUT2D eigenvalue weighted by Gasteiger charge is 2.31. The van der Waals surface area contributed by atoms with Gasteiger partial charge >= 0.3 is 11.9 Å². The SMILES string of the molecule is CN1CCn2c1cc(OCc1cc(F)c(Oc3cncc(C(F)(F)F)c3)c(F)c1)nc2=O. The van der Waals surface area contributed by atoms with Gasteiger partial charge in [0, 0.05) is 32.4 Å². The average Bonchev–Trinajstić information content (AvgIpc) is 3.10. The van der Waals surface area contributed by atoms with Crippen molar-refractivity contribution >= 4 is 5.82 Å². The highest BCUT2D eigenvalue weighted by Crippen LogP contribution is 2.33. The zero-order chi connectivity index (χ0) is 23.0. The minimum Gasteiger partial charge on any atom is -0.473 e. The van der Waals surface area contributed by atoms with Crippen molar-refractivity contribution < 1.29 is 31.4 Å². The topological polar surface area (TPSA) is 69.5 Å². The van der Waals surface area contributed by atoms with Crippen LogP contribution in [-0.2, 0) is 19.3 Å². The van der Waals surface area contributed by atoms with Gasteiger partial charge in [-0.15, -0.1) is 0 Å². The van der Waals surface area contributed by atoms with Crippen LogP contribution in [0.2, 0.25) is 0 Å². The number of nitrogens with zero attached hydrogens (tertiary/aromatic N) is 4. The quantitative estimate of drug-likeness (QED) is 0.547. The number of anilines is 1. The van der Waals surface area contributed by atoms with Crippen LogP contribution >= 0.6 is 0 Å². The molecule has 2 aromatic heterocycles. The van der Waals surface area contributed by atoms with E-state index in [1.807, 2.05) is 4.90 Å². The first-order valence-corrected chi connectivity index (χ1v) is 9.25. The van der Waals surface area contributed by atoms with E-state index in [4.69, 9.17) is 9.47 Å². The smallest absolute Gasteiger partial charge is 0.418 e. The number of hydrogen-bond donors (Lipinski definition) is 0. The van der Waals surface area contributed by atoms with Crippen molar-refractivity contribution in [3.8, 4) is 17.4 Å². The summed E-state index contributed by atoms with van der Waals surface area (Å²) in [4.78, 5) is 21.0. The van der Waals surface area contributed by atoms with Crippen molar-refractivity contribution in [1.82, 2.24) is 14.5 Å². The lowest BCUT2D eigenvalue weighted by Gasteiger charge is -2.13. The molecule has 0 bridgehead atoms. The van der Waals surface area contributed by atoms with Gasteiger partial charge < -0.3 is 14.4 Å². The van der Waals surface area contributed by atoms with Crippen molar-refractivity contribution in [3.63, 3.8) is 0 Å². The lowest BCUT2D eigenvalue weighted by atomic mass is 10.2. The molecule has 0 radical (unpaired) electrons. The van der Waals surface area contributed by atoms with E-state index < -0.39 is 40.6 Å². The van der Waals surface area contributed by atoms with Crippen LogP contribution in [0.5, 0.6) is 17.4 Å². The molecule has 3 heterocycles. The van der Waals surface area contributed by atoms with Gasteiger partial charge in [0.15, 0.2) is 17.4 Å². The van der Waals surface area contributed by atoms with Gasteiger partial charge in [-0.25, -0.2) is 13.6 Å². The molecule has 0 saturated heterocycles. The summed E-state index contributed by atoms with van der Waals surface area (Å²) in [5, 5.41) is 0. The first kappa shape index (κ1) is 21.5. The number of hydrogen-bond acceptors (Lipinski definition) is 6. The Labute approximate surface area is 177 Å². The Bertz CT molecular complexity index is 1210. The summed E-state index contributed by atoms with van der Waals surface area (Å²) in [6.07, 6.45) is -3.22. The Morgan fingerprint density at radius 1 is 1.06 bits per heavy atom. The number of pyridine rings is 1. The highest BCUT2D eigenvalue weighted by atomic mass is 19.4. The van der Waals surface area contributed by atoms with Crippen molar-refractivity contribution in [2.45, 2.75) is 19.3 Å². The van der Waals surface area contributed by atoms with E-state index >= 15 is 0 Å². The van der Waals surface area contributed by atoms with Crippen LogP contribution in [0.3, 0.4) is 0 Å². The van der Waals surface area contributed by atoms with Crippen LogP contribution in [0, 0.1) is 11.6 Å². The maximum atomic E-state index is 14.4. The van der Waals surface area contributed by atoms with E-state index in [0.29, 0.717) is 31.2 Å². The standard InChI is InChI=1S/C20H15F5N4O3/c1-28-2-3-29-17(28)7-16(27-19(29)30)31-10-11-4-14(21)18(15(22)5-11)32-13-6-12(8-26-9-13)20(23,24)25/h4-9H,2-3,10H2,1H3. The summed E-state index contributed by atoms with van der Waals surface area (Å²) < 4.78 is 79.0. The fourth-order valence-electron chi connectivity index (χ4n) is 3.14. The summed E-state index contributed by atoms with van der Waals surface area (Å²) in [6, 6.07) is 3.94. The van der Waals surface area contributed by atoms with Gasteiger partial charge in [0.1, 0.15) is 18.2 Å². The molecule has 0 N–H and O–H groups in total. The van der Waals surface area contributed by atoms with Gasteiger partial charge in [0.2, 0.25) is 5.88 Å². The maximum absolute atomic E-state index is 14.4. The molecule has 4 rings (SSSR count). The Balaban J connectivity index is 1.51. The number of likely N-dealkylation sites (N-methyl/N-ethyl adjacent to an activating group) is 1. The molecule has 0 saturated carbocycles. The molecule has 32 heavy (non-hydrogen) atoms. The molecule has 168 valence electrons. The Hall–Kier alpha value is -3.70. The van der Waals surface area contributed by atoms with Gasteiger partial charge in [-0.1, -0.05) is 0 Å². The van der Waals surface area contributed by atoms with Crippen LogP contribution in [0.1, 0.15) is 11.1 Å². The summed E-state index contributed by atoms with van der Waals surface area (Å²) in [5.74, 6) is -3.06. The zero-order valence-electron chi connectivity index (χ0n) is 16.5. The van der Waals surface area contributed by atoms with Crippen LogP contribution in [0.25, 0.3) is 0 Å². The van der Waals surface area contributed by atoms with Gasteiger partial charge in [-0.3, -0.25) is 9.55 Å². The zero-order valence-corrected chi connectivity index (χ0v) is 16.5. The second-order valence-electron chi connectivity index (χ2n) is 6.99. The number of alkyl halides is 3. The molecule has 0 spiro atoms. The second kappa shape index (κ2) is 8.09. The van der Waals surface area contributed by atoms with E-state index in [9.17, 15) is 26.7 Å².